The molecule has 0 fully saturated rings. The molecule has 3 heterocycles. The van der Waals surface area contributed by atoms with Crippen LogP contribution in [0.5, 0.6) is 0 Å². The van der Waals surface area contributed by atoms with Gasteiger partial charge in [0.2, 0.25) is 0 Å². The molecule has 12 rings (SSSR count). The minimum absolute atomic E-state index is 0.574. The van der Waals surface area contributed by atoms with Crippen molar-refractivity contribution >= 4 is 43.7 Å². The van der Waals surface area contributed by atoms with Crippen molar-refractivity contribution in [3.63, 3.8) is 0 Å². The van der Waals surface area contributed by atoms with Crippen LogP contribution in [0.1, 0.15) is 0 Å². The van der Waals surface area contributed by atoms with E-state index in [0.717, 1.165) is 93.9 Å². The number of benzene rings is 9. The summed E-state index contributed by atoms with van der Waals surface area (Å²) in [5, 5.41) is 4.24. The Kier molecular flexibility index (Phi) is 8.42. The highest BCUT2D eigenvalue weighted by molar-refractivity contribution is 6.23. The first kappa shape index (κ1) is 35.5. The van der Waals surface area contributed by atoms with Gasteiger partial charge in [-0.2, -0.15) is 0 Å². The van der Waals surface area contributed by atoms with E-state index in [2.05, 4.69) is 199 Å². The minimum atomic E-state index is 0.574. The highest BCUT2D eigenvalue weighted by Crippen LogP contribution is 2.43. The lowest BCUT2D eigenvalue weighted by molar-refractivity contribution is 0.671. The van der Waals surface area contributed by atoms with Gasteiger partial charge in [-0.05, 0) is 75.8 Å². The molecule has 5 heteroatoms. The van der Waals surface area contributed by atoms with Crippen LogP contribution in [0.3, 0.4) is 0 Å². The second-order valence-electron chi connectivity index (χ2n) is 15.6. The zero-order valence-electron chi connectivity index (χ0n) is 33.5. The molecule has 0 amide bonds. The van der Waals surface area contributed by atoms with Gasteiger partial charge in [-0.25, -0.2) is 15.0 Å². The van der Waals surface area contributed by atoms with Gasteiger partial charge in [0.1, 0.15) is 5.58 Å². The summed E-state index contributed by atoms with van der Waals surface area (Å²) in [6.45, 7) is 0. The third kappa shape index (κ3) is 6.06. The summed E-state index contributed by atoms with van der Waals surface area (Å²) in [5.41, 5.74) is 14.2. The van der Waals surface area contributed by atoms with E-state index >= 15 is 0 Å². The Morgan fingerprint density at radius 2 is 0.823 bits per heavy atom. The van der Waals surface area contributed by atoms with Crippen LogP contribution in [0.4, 0.5) is 0 Å². The molecule has 0 radical (unpaired) electrons. The summed E-state index contributed by atoms with van der Waals surface area (Å²) in [4.78, 5) is 15.8. The van der Waals surface area contributed by atoms with Crippen molar-refractivity contribution in [3.05, 3.63) is 218 Å². The van der Waals surface area contributed by atoms with Gasteiger partial charge in [0.05, 0.1) is 11.0 Å². The van der Waals surface area contributed by atoms with Crippen molar-refractivity contribution in [2.24, 2.45) is 0 Å². The number of furan rings is 1. The molecule has 9 aromatic carbocycles. The Hall–Kier alpha value is -8.41. The molecule has 0 aliphatic rings. The average Bonchev–Trinajstić information content (AvgIpc) is 3.91. The quantitative estimate of drug-likeness (QED) is 0.161. The molecule has 0 atom stereocenters. The van der Waals surface area contributed by atoms with Gasteiger partial charge in [0.15, 0.2) is 23.1 Å². The smallest absolute Gasteiger partial charge is 0.164 e. The molecule has 0 aliphatic carbocycles. The molecule has 0 bridgehead atoms. The van der Waals surface area contributed by atoms with Crippen LogP contribution in [-0.2, 0) is 0 Å². The normalized spacial score (nSPS) is 11.5. The lowest BCUT2D eigenvalue weighted by atomic mass is 10.0. The predicted molar refractivity (Wildman–Crippen MR) is 254 cm³/mol. The molecular formula is C57H36N4O. The molecule has 0 spiro atoms. The Balaban J connectivity index is 1.09. The number of hydrogen-bond donors (Lipinski definition) is 0. The minimum Gasteiger partial charge on any atom is -0.454 e. The van der Waals surface area contributed by atoms with Gasteiger partial charge in [-0.3, -0.25) is 0 Å². The van der Waals surface area contributed by atoms with E-state index in [-0.39, 0.29) is 0 Å². The molecular weight excluding hydrogens is 757 g/mol. The van der Waals surface area contributed by atoms with Crippen molar-refractivity contribution in [1.82, 2.24) is 19.5 Å². The summed E-state index contributed by atoms with van der Waals surface area (Å²) in [6, 6.07) is 76.2. The summed E-state index contributed by atoms with van der Waals surface area (Å²) in [5.74, 6) is 1.77. The molecule has 0 N–H and O–H groups in total. The number of rotatable bonds is 7. The number of aromatic nitrogens is 4. The second kappa shape index (κ2) is 14.7. The molecule has 3 aromatic heterocycles. The highest BCUT2D eigenvalue weighted by atomic mass is 16.3. The first-order valence-electron chi connectivity index (χ1n) is 20.8. The maximum Gasteiger partial charge on any atom is 0.164 e. The first-order chi connectivity index (χ1) is 30.7. The van der Waals surface area contributed by atoms with Crippen molar-refractivity contribution in [3.8, 4) is 73.2 Å². The monoisotopic (exact) mass is 792 g/mol. The summed E-state index contributed by atoms with van der Waals surface area (Å²) < 4.78 is 9.35. The van der Waals surface area contributed by atoms with E-state index in [1.54, 1.807) is 0 Å². The maximum atomic E-state index is 7.00. The zero-order valence-corrected chi connectivity index (χ0v) is 33.5. The van der Waals surface area contributed by atoms with Gasteiger partial charge >= 0.3 is 0 Å². The number of para-hydroxylation sites is 1. The summed E-state index contributed by atoms with van der Waals surface area (Å²) in [7, 11) is 0. The fourth-order valence-electron chi connectivity index (χ4n) is 8.93. The van der Waals surface area contributed by atoms with Gasteiger partial charge in [-0.1, -0.05) is 176 Å². The number of hydrogen-bond acceptors (Lipinski definition) is 4. The molecule has 0 saturated carbocycles. The van der Waals surface area contributed by atoms with E-state index in [0.29, 0.717) is 17.5 Å². The lowest BCUT2D eigenvalue weighted by Gasteiger charge is -2.11. The number of fused-ring (bicyclic) bond motifs is 7. The van der Waals surface area contributed by atoms with E-state index in [4.69, 9.17) is 19.4 Å². The predicted octanol–water partition coefficient (Wildman–Crippen LogP) is 14.9. The average molecular weight is 793 g/mol. The lowest BCUT2D eigenvalue weighted by Crippen LogP contribution is -2.00. The molecule has 290 valence electrons. The van der Waals surface area contributed by atoms with Crippen molar-refractivity contribution in [1.29, 1.82) is 0 Å². The van der Waals surface area contributed by atoms with Gasteiger partial charge in [0.25, 0.3) is 0 Å². The summed E-state index contributed by atoms with van der Waals surface area (Å²) >= 11 is 0. The molecule has 12 aromatic rings. The van der Waals surface area contributed by atoms with Crippen LogP contribution in [0.25, 0.3) is 117 Å². The maximum absolute atomic E-state index is 7.00. The van der Waals surface area contributed by atoms with Crippen LogP contribution in [0, 0.1) is 0 Å². The third-order valence-electron chi connectivity index (χ3n) is 11.8. The van der Waals surface area contributed by atoms with Crippen molar-refractivity contribution in [2.75, 3.05) is 0 Å². The summed E-state index contributed by atoms with van der Waals surface area (Å²) in [6.07, 6.45) is 0. The fraction of sp³-hybridized carbons (Fsp3) is 0. The van der Waals surface area contributed by atoms with E-state index in [9.17, 15) is 0 Å². The fourth-order valence-corrected chi connectivity index (χ4v) is 8.93. The number of nitrogens with zero attached hydrogens (tertiary/aromatic N) is 4. The Morgan fingerprint density at radius 3 is 1.45 bits per heavy atom. The molecule has 62 heavy (non-hydrogen) atoms. The van der Waals surface area contributed by atoms with E-state index in [1.165, 1.54) is 5.56 Å². The van der Waals surface area contributed by atoms with Crippen LogP contribution < -0.4 is 0 Å². The topological polar surface area (TPSA) is 56.7 Å². The van der Waals surface area contributed by atoms with Crippen molar-refractivity contribution in [2.45, 2.75) is 0 Å². The molecule has 0 saturated heterocycles. The van der Waals surface area contributed by atoms with Crippen LogP contribution in [0.2, 0.25) is 0 Å². The standard InChI is InChI=1S/C57H36N4O/c1-4-16-37(17-5-1)40-22-12-25-43(34-40)55-58-56(44-26-13-23-41(35-44)38-18-6-2-7-19-38)60-57(59-55)49-29-15-31-51-52(49)48-33-32-47-46-28-10-11-30-50(46)61(53(47)54(48)62-51)45-27-14-24-42(36-45)39-20-8-3-9-21-39/h1-36H. The molecule has 0 unspecified atom stereocenters. The zero-order chi connectivity index (χ0) is 41.0. The van der Waals surface area contributed by atoms with E-state index in [1.807, 2.05) is 24.3 Å². The third-order valence-corrected chi connectivity index (χ3v) is 11.8. The Morgan fingerprint density at radius 1 is 0.339 bits per heavy atom. The molecule has 0 aliphatic heterocycles. The molecule has 5 nitrogen and oxygen atoms in total. The van der Waals surface area contributed by atoms with Crippen molar-refractivity contribution < 1.29 is 4.42 Å². The van der Waals surface area contributed by atoms with Crippen LogP contribution in [0.15, 0.2) is 223 Å². The van der Waals surface area contributed by atoms with E-state index < -0.39 is 0 Å². The Labute approximate surface area is 357 Å². The Bertz CT molecular complexity index is 3530. The highest BCUT2D eigenvalue weighted by Gasteiger charge is 2.23. The first-order valence-corrected chi connectivity index (χ1v) is 20.8. The van der Waals surface area contributed by atoms with Crippen LogP contribution in [-0.4, -0.2) is 19.5 Å². The second-order valence-corrected chi connectivity index (χ2v) is 15.6. The van der Waals surface area contributed by atoms with Gasteiger partial charge in [0, 0.05) is 43.9 Å². The van der Waals surface area contributed by atoms with Crippen LogP contribution >= 0.6 is 0 Å². The SMILES string of the molecule is c1ccc(-c2cccc(-c3nc(-c4cccc(-c5ccccc5)c4)nc(-c4cccc5oc6c(ccc7c8ccccc8n(-c8cccc(-c9ccccc9)c8)c76)c45)n3)c2)cc1. The van der Waals surface area contributed by atoms with Gasteiger partial charge in [-0.15, -0.1) is 0 Å². The largest absolute Gasteiger partial charge is 0.454 e. The van der Waals surface area contributed by atoms with Gasteiger partial charge < -0.3 is 8.98 Å².